The molecule has 0 radical (unpaired) electrons. The lowest BCUT2D eigenvalue weighted by Gasteiger charge is -2.00. The van der Waals surface area contributed by atoms with Crippen molar-refractivity contribution in [1.82, 2.24) is 0 Å². The van der Waals surface area contributed by atoms with Gasteiger partial charge in [-0.3, -0.25) is 4.79 Å². The number of Topliss-reactive ketones (excluding diaryl/α,β-unsaturated/α-hetero) is 1. The first-order valence-electron chi connectivity index (χ1n) is 4.27. The molecular weight excluding hydrogens is 200 g/mol. The van der Waals surface area contributed by atoms with E-state index >= 15 is 0 Å². The molecule has 3 nitrogen and oxygen atoms in total. The molecule has 0 aliphatic carbocycles. The third kappa shape index (κ3) is 2.01. The fourth-order valence-electron chi connectivity index (χ4n) is 1.15. The zero-order valence-electron chi connectivity index (χ0n) is 7.78. The summed E-state index contributed by atoms with van der Waals surface area (Å²) in [7, 11) is 0. The molecule has 1 aliphatic heterocycles. The van der Waals surface area contributed by atoms with Crippen LogP contribution in [-0.2, 0) is 4.79 Å². The number of thioether (sulfide) groups is 1. The fraction of sp³-hybridized carbons (Fsp3) is 0.300. The Balaban J connectivity index is 2.09. The van der Waals surface area contributed by atoms with E-state index in [0.29, 0.717) is 5.75 Å². The highest BCUT2D eigenvalue weighted by Crippen LogP contribution is 2.35. The van der Waals surface area contributed by atoms with Crippen LogP contribution in [-0.4, -0.2) is 18.3 Å². The Morgan fingerprint density at radius 3 is 3.00 bits per heavy atom. The first kappa shape index (κ1) is 9.40. The van der Waals surface area contributed by atoms with E-state index in [1.807, 2.05) is 18.2 Å². The van der Waals surface area contributed by atoms with Crippen LogP contribution in [0.15, 0.2) is 23.1 Å². The van der Waals surface area contributed by atoms with Gasteiger partial charge in [0.1, 0.15) is 5.78 Å². The average molecular weight is 210 g/mol. The highest BCUT2D eigenvalue weighted by molar-refractivity contribution is 8.00. The van der Waals surface area contributed by atoms with Crippen molar-refractivity contribution < 1.29 is 14.3 Å². The summed E-state index contributed by atoms with van der Waals surface area (Å²) in [6.07, 6.45) is 0. The van der Waals surface area contributed by atoms with Crippen molar-refractivity contribution in [1.29, 1.82) is 0 Å². The molecule has 0 atom stereocenters. The lowest BCUT2D eigenvalue weighted by molar-refractivity contribution is -0.114. The van der Waals surface area contributed by atoms with Crippen LogP contribution >= 0.6 is 11.8 Å². The van der Waals surface area contributed by atoms with Crippen molar-refractivity contribution in [2.45, 2.75) is 11.8 Å². The molecule has 0 unspecified atom stereocenters. The number of carbonyl (C=O) groups excluding carboxylic acids is 1. The van der Waals surface area contributed by atoms with Crippen LogP contribution in [0.2, 0.25) is 0 Å². The lowest BCUT2D eigenvalue weighted by Crippen LogP contribution is -1.93. The number of ether oxygens (including phenoxy) is 2. The van der Waals surface area contributed by atoms with Gasteiger partial charge in [0.25, 0.3) is 0 Å². The molecule has 0 saturated heterocycles. The van der Waals surface area contributed by atoms with Crippen molar-refractivity contribution in [3.8, 4) is 11.5 Å². The van der Waals surface area contributed by atoms with Gasteiger partial charge in [-0.1, -0.05) is 0 Å². The molecule has 14 heavy (non-hydrogen) atoms. The second-order valence-electron chi connectivity index (χ2n) is 3.01. The van der Waals surface area contributed by atoms with E-state index in [1.165, 1.54) is 11.8 Å². The molecule has 74 valence electrons. The summed E-state index contributed by atoms with van der Waals surface area (Å²) in [6, 6.07) is 5.70. The molecule has 0 saturated carbocycles. The molecule has 0 fully saturated rings. The largest absolute Gasteiger partial charge is 0.454 e. The van der Waals surface area contributed by atoms with Gasteiger partial charge in [0, 0.05) is 4.90 Å². The van der Waals surface area contributed by atoms with Crippen LogP contribution in [0.25, 0.3) is 0 Å². The van der Waals surface area contributed by atoms with E-state index in [0.717, 1.165) is 16.4 Å². The summed E-state index contributed by atoms with van der Waals surface area (Å²) in [6.45, 7) is 1.87. The Morgan fingerprint density at radius 1 is 1.43 bits per heavy atom. The third-order valence-corrected chi connectivity index (χ3v) is 2.92. The SMILES string of the molecule is CC(=O)CSc1ccc2c(c1)OCO2. The Morgan fingerprint density at radius 2 is 2.21 bits per heavy atom. The summed E-state index contributed by atoms with van der Waals surface area (Å²) in [4.78, 5) is 11.8. The molecule has 2 rings (SSSR count). The number of benzene rings is 1. The molecule has 0 bridgehead atoms. The Bertz CT molecular complexity index is 362. The first-order chi connectivity index (χ1) is 6.75. The van der Waals surface area contributed by atoms with Crippen LogP contribution in [0.1, 0.15) is 6.92 Å². The standard InChI is InChI=1S/C10H10O3S/c1-7(11)5-14-8-2-3-9-10(4-8)13-6-12-9/h2-4H,5-6H2,1H3. The number of hydrogen-bond acceptors (Lipinski definition) is 4. The van der Waals surface area contributed by atoms with E-state index in [-0.39, 0.29) is 12.6 Å². The summed E-state index contributed by atoms with van der Waals surface area (Å²) in [5.74, 6) is 2.21. The van der Waals surface area contributed by atoms with Crippen LogP contribution in [0, 0.1) is 0 Å². The Labute approximate surface area is 86.4 Å². The molecular formula is C10H10O3S. The van der Waals surface area contributed by atoms with Crippen LogP contribution < -0.4 is 9.47 Å². The minimum Gasteiger partial charge on any atom is -0.454 e. The smallest absolute Gasteiger partial charge is 0.231 e. The van der Waals surface area contributed by atoms with Crippen molar-refractivity contribution in [3.05, 3.63) is 18.2 Å². The van der Waals surface area contributed by atoms with Gasteiger partial charge in [0.15, 0.2) is 11.5 Å². The van der Waals surface area contributed by atoms with E-state index in [9.17, 15) is 4.79 Å². The monoisotopic (exact) mass is 210 g/mol. The summed E-state index contributed by atoms with van der Waals surface area (Å²) in [5.41, 5.74) is 0. The quantitative estimate of drug-likeness (QED) is 0.716. The summed E-state index contributed by atoms with van der Waals surface area (Å²) >= 11 is 1.51. The number of carbonyl (C=O) groups is 1. The molecule has 4 heteroatoms. The van der Waals surface area contributed by atoms with Crippen molar-refractivity contribution in [2.24, 2.45) is 0 Å². The lowest BCUT2D eigenvalue weighted by atomic mass is 10.3. The number of rotatable bonds is 3. The predicted molar refractivity (Wildman–Crippen MR) is 54.0 cm³/mol. The van der Waals surface area contributed by atoms with Gasteiger partial charge >= 0.3 is 0 Å². The van der Waals surface area contributed by atoms with Gasteiger partial charge in [0.2, 0.25) is 6.79 Å². The Kier molecular flexibility index (Phi) is 2.63. The molecule has 1 aliphatic rings. The van der Waals surface area contributed by atoms with Crippen LogP contribution in [0.3, 0.4) is 0 Å². The van der Waals surface area contributed by atoms with Crippen molar-refractivity contribution in [2.75, 3.05) is 12.5 Å². The van der Waals surface area contributed by atoms with Crippen molar-refractivity contribution in [3.63, 3.8) is 0 Å². The number of ketones is 1. The fourth-order valence-corrected chi connectivity index (χ4v) is 1.88. The second-order valence-corrected chi connectivity index (χ2v) is 4.05. The zero-order valence-corrected chi connectivity index (χ0v) is 8.60. The zero-order chi connectivity index (χ0) is 9.97. The van der Waals surface area contributed by atoms with Gasteiger partial charge in [-0.2, -0.15) is 0 Å². The minimum absolute atomic E-state index is 0.174. The molecule has 1 heterocycles. The highest BCUT2D eigenvalue weighted by atomic mass is 32.2. The molecule has 0 amide bonds. The summed E-state index contributed by atoms with van der Waals surface area (Å²) < 4.78 is 10.4. The maximum Gasteiger partial charge on any atom is 0.231 e. The molecule has 0 aromatic heterocycles. The van der Waals surface area contributed by atoms with Gasteiger partial charge in [-0.25, -0.2) is 0 Å². The van der Waals surface area contributed by atoms with Crippen LogP contribution in [0.4, 0.5) is 0 Å². The molecule has 0 N–H and O–H groups in total. The molecule has 1 aromatic rings. The van der Waals surface area contributed by atoms with Gasteiger partial charge in [0.05, 0.1) is 5.75 Å². The highest BCUT2D eigenvalue weighted by Gasteiger charge is 2.13. The van der Waals surface area contributed by atoms with E-state index in [1.54, 1.807) is 6.92 Å². The predicted octanol–water partition coefficient (Wildman–Crippen LogP) is 2.10. The van der Waals surface area contributed by atoms with Crippen molar-refractivity contribution >= 4 is 17.5 Å². The second kappa shape index (κ2) is 3.92. The minimum atomic E-state index is 0.174. The maximum absolute atomic E-state index is 10.8. The van der Waals surface area contributed by atoms with E-state index < -0.39 is 0 Å². The maximum atomic E-state index is 10.8. The topological polar surface area (TPSA) is 35.5 Å². The normalized spacial score (nSPS) is 12.9. The van der Waals surface area contributed by atoms with E-state index in [2.05, 4.69) is 0 Å². The number of hydrogen-bond donors (Lipinski definition) is 0. The van der Waals surface area contributed by atoms with Gasteiger partial charge in [-0.15, -0.1) is 11.8 Å². The summed E-state index contributed by atoms with van der Waals surface area (Å²) in [5, 5.41) is 0. The first-order valence-corrected chi connectivity index (χ1v) is 5.26. The molecule has 1 aromatic carbocycles. The van der Waals surface area contributed by atoms with Gasteiger partial charge in [-0.05, 0) is 25.1 Å². The molecule has 0 spiro atoms. The third-order valence-electron chi connectivity index (χ3n) is 1.79. The van der Waals surface area contributed by atoms with Gasteiger partial charge < -0.3 is 9.47 Å². The number of fused-ring (bicyclic) bond motifs is 1. The van der Waals surface area contributed by atoms with Crippen LogP contribution in [0.5, 0.6) is 11.5 Å². The van der Waals surface area contributed by atoms with E-state index in [4.69, 9.17) is 9.47 Å². The Hall–Kier alpha value is -1.16. The average Bonchev–Trinajstić information content (AvgIpc) is 2.61.